The lowest BCUT2D eigenvalue weighted by Gasteiger charge is -2.15. The van der Waals surface area contributed by atoms with Gasteiger partial charge in [-0.2, -0.15) is 0 Å². The topological polar surface area (TPSA) is 9.86 Å². The fraction of sp³-hybridized carbons (Fsp3) is 0. The minimum atomic E-state index is 1.13. The number of fused-ring (bicyclic) bond motifs is 3. The maximum atomic E-state index is 2.39. The van der Waals surface area contributed by atoms with Crippen molar-refractivity contribution in [3.8, 4) is 33.6 Å². The molecule has 0 aliphatic heterocycles. The van der Waals surface area contributed by atoms with E-state index in [1.165, 1.54) is 54.8 Å². The number of aromatic nitrogens is 2. The van der Waals surface area contributed by atoms with Gasteiger partial charge in [0.05, 0.1) is 16.7 Å². The highest BCUT2D eigenvalue weighted by molar-refractivity contribution is 5.92. The van der Waals surface area contributed by atoms with Crippen LogP contribution in [0.2, 0.25) is 0 Å². The third kappa shape index (κ3) is 4.92. The van der Waals surface area contributed by atoms with Crippen LogP contribution in [0.5, 0.6) is 0 Å². The highest BCUT2D eigenvalue weighted by Gasteiger charge is 2.15. The maximum absolute atomic E-state index is 2.39. The van der Waals surface area contributed by atoms with Gasteiger partial charge in [-0.3, -0.25) is 0 Å². The molecule has 0 spiro atoms. The molecule has 2 heterocycles. The minimum absolute atomic E-state index is 1.13. The predicted octanol–water partition coefficient (Wildman–Crippen LogP) is 12.2. The molecule has 2 heteroatoms. The van der Waals surface area contributed by atoms with Gasteiger partial charge in [-0.15, -0.1) is 0 Å². The van der Waals surface area contributed by atoms with Crippen LogP contribution in [0.25, 0.3) is 78.4 Å². The van der Waals surface area contributed by atoms with E-state index in [1.807, 2.05) is 0 Å². The predicted molar refractivity (Wildman–Crippen MR) is 204 cm³/mol. The van der Waals surface area contributed by atoms with E-state index >= 15 is 0 Å². The molecule has 0 N–H and O–H groups in total. The van der Waals surface area contributed by atoms with Crippen LogP contribution >= 0.6 is 0 Å². The zero-order valence-corrected chi connectivity index (χ0v) is 26.4. The Kier molecular flexibility index (Phi) is 6.84. The van der Waals surface area contributed by atoms with E-state index in [2.05, 4.69) is 203 Å². The molecule has 0 atom stereocenters. The Bertz CT molecular complexity index is 2620. The first kappa shape index (κ1) is 27.9. The molecule has 2 nitrogen and oxygen atoms in total. The van der Waals surface area contributed by atoms with Crippen molar-refractivity contribution in [2.75, 3.05) is 0 Å². The van der Waals surface area contributed by atoms with Gasteiger partial charge >= 0.3 is 0 Å². The Balaban J connectivity index is 1.19. The van der Waals surface area contributed by atoms with Crippen LogP contribution in [0.15, 0.2) is 182 Å². The fourth-order valence-corrected chi connectivity index (χ4v) is 7.05. The first-order chi connectivity index (χ1) is 23.8. The van der Waals surface area contributed by atoms with Gasteiger partial charge in [0.25, 0.3) is 0 Å². The summed E-state index contributed by atoms with van der Waals surface area (Å²) in [6.45, 7) is 0. The SMILES string of the molecule is C(=C/c1cc2ccccc2n1-c1ccccc1-c1ccccc1)/c1cc2ccccc2n1-c1cccc(-c2ccc3ccccc3c2)c1. The Labute approximate surface area is 280 Å². The molecule has 0 bridgehead atoms. The molecule has 48 heavy (non-hydrogen) atoms. The van der Waals surface area contributed by atoms with Gasteiger partial charge in [0.1, 0.15) is 0 Å². The molecular weight excluding hydrogens is 581 g/mol. The Morgan fingerprint density at radius 1 is 0.333 bits per heavy atom. The molecule has 0 saturated heterocycles. The first-order valence-electron chi connectivity index (χ1n) is 16.4. The average molecular weight is 613 g/mol. The van der Waals surface area contributed by atoms with Gasteiger partial charge in [-0.1, -0.05) is 133 Å². The smallest absolute Gasteiger partial charge is 0.0540 e. The summed E-state index contributed by atoms with van der Waals surface area (Å²) in [6.07, 6.45) is 4.53. The van der Waals surface area contributed by atoms with Crippen molar-refractivity contribution in [3.63, 3.8) is 0 Å². The summed E-state index contributed by atoms with van der Waals surface area (Å²) < 4.78 is 4.77. The highest BCUT2D eigenvalue weighted by atomic mass is 15.0. The van der Waals surface area contributed by atoms with Crippen LogP contribution in [0.3, 0.4) is 0 Å². The lowest BCUT2D eigenvalue weighted by Crippen LogP contribution is -1.99. The molecule has 0 radical (unpaired) electrons. The Hall–Kier alpha value is -6.38. The first-order valence-corrected chi connectivity index (χ1v) is 16.4. The number of hydrogen-bond acceptors (Lipinski definition) is 0. The summed E-state index contributed by atoms with van der Waals surface area (Å²) in [7, 11) is 0. The van der Waals surface area contributed by atoms with Crippen LogP contribution in [0, 0.1) is 0 Å². The molecular formula is C46H32N2. The Morgan fingerprint density at radius 2 is 0.896 bits per heavy atom. The number of para-hydroxylation sites is 3. The summed E-state index contributed by atoms with van der Waals surface area (Å²) in [5.74, 6) is 0. The van der Waals surface area contributed by atoms with Crippen molar-refractivity contribution >= 4 is 44.7 Å². The molecule has 226 valence electrons. The zero-order valence-electron chi connectivity index (χ0n) is 26.4. The summed E-state index contributed by atoms with van der Waals surface area (Å²) in [4.78, 5) is 0. The standard InChI is InChI=1S/C46H32N2/c1-2-14-34(15-3-1)43-21-8-11-24-46(43)48-42(32-39-18-7-10-23-45(39)48)28-27-41-31-38-17-6-9-22-44(38)47(41)40-20-12-19-36(30-40)37-26-25-33-13-4-5-16-35(33)29-37/h1-32H/b28-27-. The van der Waals surface area contributed by atoms with E-state index in [0.717, 1.165) is 22.8 Å². The van der Waals surface area contributed by atoms with Gasteiger partial charge < -0.3 is 9.13 Å². The second-order valence-corrected chi connectivity index (χ2v) is 12.3. The van der Waals surface area contributed by atoms with Crippen LogP contribution in [0.4, 0.5) is 0 Å². The molecule has 7 aromatic carbocycles. The second-order valence-electron chi connectivity index (χ2n) is 12.3. The van der Waals surface area contributed by atoms with E-state index in [1.54, 1.807) is 0 Å². The van der Waals surface area contributed by atoms with E-state index < -0.39 is 0 Å². The van der Waals surface area contributed by atoms with E-state index in [-0.39, 0.29) is 0 Å². The van der Waals surface area contributed by atoms with Crippen LogP contribution in [-0.2, 0) is 0 Å². The van der Waals surface area contributed by atoms with Gasteiger partial charge in [0, 0.05) is 33.4 Å². The lowest BCUT2D eigenvalue weighted by atomic mass is 10.0. The van der Waals surface area contributed by atoms with Crippen molar-refractivity contribution < 1.29 is 0 Å². The average Bonchev–Trinajstić information content (AvgIpc) is 3.72. The third-order valence-electron chi connectivity index (χ3n) is 9.32. The van der Waals surface area contributed by atoms with Gasteiger partial charge in [0.2, 0.25) is 0 Å². The normalized spacial score (nSPS) is 11.7. The number of rotatable bonds is 6. The molecule has 0 aliphatic carbocycles. The second kappa shape index (κ2) is 11.8. The summed E-state index contributed by atoms with van der Waals surface area (Å²) in [5, 5.41) is 4.93. The minimum Gasteiger partial charge on any atom is -0.310 e. The number of hydrogen-bond donors (Lipinski definition) is 0. The third-order valence-corrected chi connectivity index (χ3v) is 9.32. The van der Waals surface area contributed by atoms with Crippen molar-refractivity contribution in [2.24, 2.45) is 0 Å². The van der Waals surface area contributed by atoms with Crippen molar-refractivity contribution in [1.29, 1.82) is 0 Å². The summed E-state index contributed by atoms with van der Waals surface area (Å²) in [6, 6.07) is 65.4. The molecule has 0 fully saturated rings. The van der Waals surface area contributed by atoms with E-state index in [9.17, 15) is 0 Å². The largest absolute Gasteiger partial charge is 0.310 e. The quantitative estimate of drug-likeness (QED) is 0.177. The summed E-state index contributed by atoms with van der Waals surface area (Å²) >= 11 is 0. The van der Waals surface area contributed by atoms with Crippen molar-refractivity contribution in [3.05, 3.63) is 193 Å². The highest BCUT2D eigenvalue weighted by Crippen LogP contribution is 2.34. The van der Waals surface area contributed by atoms with Gasteiger partial charge in [-0.05, 0) is 88.1 Å². The lowest BCUT2D eigenvalue weighted by molar-refractivity contribution is 1.10. The molecule has 0 aliphatic rings. The van der Waals surface area contributed by atoms with Crippen LogP contribution in [0.1, 0.15) is 11.4 Å². The molecule has 2 aromatic heterocycles. The molecule has 0 saturated carbocycles. The van der Waals surface area contributed by atoms with Crippen LogP contribution in [-0.4, -0.2) is 9.13 Å². The molecule has 9 rings (SSSR count). The Morgan fingerprint density at radius 3 is 1.67 bits per heavy atom. The zero-order chi connectivity index (χ0) is 31.9. The van der Waals surface area contributed by atoms with Crippen molar-refractivity contribution in [1.82, 2.24) is 9.13 Å². The number of benzene rings is 7. The molecule has 0 amide bonds. The van der Waals surface area contributed by atoms with E-state index in [4.69, 9.17) is 0 Å². The van der Waals surface area contributed by atoms with Gasteiger partial charge in [0.15, 0.2) is 0 Å². The number of nitrogens with zero attached hydrogens (tertiary/aromatic N) is 2. The monoisotopic (exact) mass is 612 g/mol. The maximum Gasteiger partial charge on any atom is 0.0540 e. The summed E-state index contributed by atoms with van der Waals surface area (Å²) in [5.41, 5.74) is 11.7. The fourth-order valence-electron chi connectivity index (χ4n) is 7.05. The van der Waals surface area contributed by atoms with E-state index in [0.29, 0.717) is 0 Å². The van der Waals surface area contributed by atoms with Crippen LogP contribution < -0.4 is 0 Å². The van der Waals surface area contributed by atoms with Crippen molar-refractivity contribution in [2.45, 2.75) is 0 Å². The molecule has 0 unspecified atom stereocenters. The molecule has 9 aromatic rings. The van der Waals surface area contributed by atoms with Gasteiger partial charge in [-0.25, -0.2) is 0 Å².